The third-order valence-electron chi connectivity index (χ3n) is 3.87. The zero-order valence-corrected chi connectivity index (χ0v) is 10.7. The zero-order chi connectivity index (χ0) is 12.4. The van der Waals surface area contributed by atoms with E-state index in [0.717, 1.165) is 51.3 Å². The predicted molar refractivity (Wildman–Crippen MR) is 67.2 cm³/mol. The minimum absolute atomic E-state index is 0.00955. The lowest BCUT2D eigenvalue weighted by molar-refractivity contribution is 0.0447. The van der Waals surface area contributed by atoms with Crippen LogP contribution in [-0.2, 0) is 22.4 Å². The molecule has 0 bridgehead atoms. The number of hydrogen-bond acceptors (Lipinski definition) is 4. The molecule has 1 unspecified atom stereocenters. The maximum atomic E-state index is 5.72. The van der Waals surface area contributed by atoms with E-state index in [1.54, 1.807) is 0 Å². The summed E-state index contributed by atoms with van der Waals surface area (Å²) in [6, 6.07) is 0. The number of fused-ring (bicyclic) bond motifs is 1. The normalized spacial score (nSPS) is 25.1. The second-order valence-corrected chi connectivity index (χ2v) is 5.16. The van der Waals surface area contributed by atoms with Crippen molar-refractivity contribution in [3.63, 3.8) is 0 Å². The summed E-state index contributed by atoms with van der Waals surface area (Å²) in [5, 5.41) is 4.67. The maximum Gasteiger partial charge on any atom is 0.114 e. The van der Waals surface area contributed by atoms with Crippen LogP contribution >= 0.6 is 0 Å². The van der Waals surface area contributed by atoms with Gasteiger partial charge in [-0.3, -0.25) is 4.68 Å². The van der Waals surface area contributed by atoms with Crippen molar-refractivity contribution in [2.24, 2.45) is 11.7 Å². The van der Waals surface area contributed by atoms with Crippen molar-refractivity contribution in [3.05, 3.63) is 17.5 Å². The molecule has 0 spiro atoms. The van der Waals surface area contributed by atoms with Crippen molar-refractivity contribution in [3.8, 4) is 0 Å². The molecule has 2 aliphatic rings. The minimum atomic E-state index is -0.00955. The quantitative estimate of drug-likeness (QED) is 0.866. The third kappa shape index (κ3) is 2.43. The van der Waals surface area contributed by atoms with Gasteiger partial charge in [0.2, 0.25) is 0 Å². The topological polar surface area (TPSA) is 62.3 Å². The van der Waals surface area contributed by atoms with Crippen LogP contribution in [0, 0.1) is 5.92 Å². The second kappa shape index (κ2) is 5.38. The van der Waals surface area contributed by atoms with Gasteiger partial charge in [-0.1, -0.05) is 0 Å². The fraction of sp³-hybridized carbons (Fsp3) is 0.769. The maximum absolute atomic E-state index is 5.72. The molecular formula is C13H21N3O2. The first-order valence-corrected chi connectivity index (χ1v) is 6.82. The van der Waals surface area contributed by atoms with Crippen LogP contribution in [0.25, 0.3) is 0 Å². The number of hydrogen-bond donors (Lipinski definition) is 1. The van der Waals surface area contributed by atoms with E-state index in [-0.39, 0.29) is 6.10 Å². The molecule has 1 aromatic heterocycles. The van der Waals surface area contributed by atoms with E-state index in [0.29, 0.717) is 12.5 Å². The summed E-state index contributed by atoms with van der Waals surface area (Å²) in [5.41, 5.74) is 8.08. The standard InChI is InChI=1S/C13H21N3O2/c14-7-12-13-11(3-6-18-12)9-16(15-13)8-10-1-4-17-5-2-10/h9-10,12H,1-8,14H2. The van der Waals surface area contributed by atoms with E-state index < -0.39 is 0 Å². The smallest absolute Gasteiger partial charge is 0.114 e. The third-order valence-corrected chi connectivity index (χ3v) is 3.87. The van der Waals surface area contributed by atoms with Gasteiger partial charge in [0.25, 0.3) is 0 Å². The van der Waals surface area contributed by atoms with E-state index >= 15 is 0 Å². The monoisotopic (exact) mass is 251 g/mol. The molecule has 5 heteroatoms. The van der Waals surface area contributed by atoms with Crippen LogP contribution in [0.4, 0.5) is 0 Å². The number of nitrogens with two attached hydrogens (primary N) is 1. The van der Waals surface area contributed by atoms with Crippen molar-refractivity contribution in [1.82, 2.24) is 9.78 Å². The zero-order valence-electron chi connectivity index (χ0n) is 10.7. The Morgan fingerprint density at radius 3 is 2.94 bits per heavy atom. The summed E-state index contributed by atoms with van der Waals surface area (Å²) in [4.78, 5) is 0. The van der Waals surface area contributed by atoms with Crippen LogP contribution in [-0.4, -0.2) is 36.1 Å². The van der Waals surface area contributed by atoms with Crippen LogP contribution < -0.4 is 5.73 Å². The van der Waals surface area contributed by atoms with Gasteiger partial charge in [0.1, 0.15) is 6.10 Å². The fourth-order valence-electron chi connectivity index (χ4n) is 2.80. The SMILES string of the molecule is NCC1OCCc2cn(CC3CCOCC3)nc21. The Bertz CT molecular complexity index is 399. The van der Waals surface area contributed by atoms with Crippen molar-refractivity contribution in [1.29, 1.82) is 0 Å². The molecule has 1 saturated heterocycles. The van der Waals surface area contributed by atoms with E-state index in [1.165, 1.54) is 5.56 Å². The molecule has 0 aliphatic carbocycles. The van der Waals surface area contributed by atoms with Gasteiger partial charge in [0.15, 0.2) is 0 Å². The molecule has 3 rings (SSSR count). The molecule has 2 aliphatic heterocycles. The van der Waals surface area contributed by atoms with E-state index in [1.807, 2.05) is 0 Å². The molecule has 3 heterocycles. The molecule has 1 fully saturated rings. The van der Waals surface area contributed by atoms with Gasteiger partial charge >= 0.3 is 0 Å². The van der Waals surface area contributed by atoms with Crippen LogP contribution in [0.15, 0.2) is 6.20 Å². The van der Waals surface area contributed by atoms with Crippen molar-refractivity contribution < 1.29 is 9.47 Å². The van der Waals surface area contributed by atoms with Crippen LogP contribution in [0.2, 0.25) is 0 Å². The number of nitrogens with zero attached hydrogens (tertiary/aromatic N) is 2. The van der Waals surface area contributed by atoms with Gasteiger partial charge in [-0.05, 0) is 30.7 Å². The summed E-state index contributed by atoms with van der Waals surface area (Å²) in [7, 11) is 0. The summed E-state index contributed by atoms with van der Waals surface area (Å²) in [5.74, 6) is 0.692. The van der Waals surface area contributed by atoms with Crippen molar-refractivity contribution in [2.75, 3.05) is 26.4 Å². The molecule has 100 valence electrons. The van der Waals surface area contributed by atoms with Gasteiger partial charge in [-0.15, -0.1) is 0 Å². The van der Waals surface area contributed by atoms with E-state index in [2.05, 4.69) is 16.0 Å². The van der Waals surface area contributed by atoms with Gasteiger partial charge in [0, 0.05) is 32.5 Å². The highest BCUT2D eigenvalue weighted by Crippen LogP contribution is 2.25. The van der Waals surface area contributed by atoms with Gasteiger partial charge in [0.05, 0.1) is 12.3 Å². The molecule has 0 radical (unpaired) electrons. The highest BCUT2D eigenvalue weighted by Gasteiger charge is 2.24. The van der Waals surface area contributed by atoms with E-state index in [4.69, 9.17) is 15.2 Å². The summed E-state index contributed by atoms with van der Waals surface area (Å²) >= 11 is 0. The molecule has 2 N–H and O–H groups in total. The lowest BCUT2D eigenvalue weighted by atomic mass is 10.0. The Morgan fingerprint density at radius 2 is 2.17 bits per heavy atom. The van der Waals surface area contributed by atoms with Gasteiger partial charge in [-0.2, -0.15) is 5.10 Å². The molecule has 1 atom stereocenters. The van der Waals surface area contributed by atoms with Gasteiger partial charge in [-0.25, -0.2) is 0 Å². The van der Waals surface area contributed by atoms with Crippen LogP contribution in [0.3, 0.4) is 0 Å². The Hall–Kier alpha value is -0.910. The highest BCUT2D eigenvalue weighted by atomic mass is 16.5. The van der Waals surface area contributed by atoms with Crippen LogP contribution in [0.5, 0.6) is 0 Å². The molecular weight excluding hydrogens is 230 g/mol. The lowest BCUT2D eigenvalue weighted by Crippen LogP contribution is -2.23. The van der Waals surface area contributed by atoms with Crippen LogP contribution in [0.1, 0.15) is 30.2 Å². The lowest BCUT2D eigenvalue weighted by Gasteiger charge is -2.21. The molecule has 0 aromatic carbocycles. The minimum Gasteiger partial charge on any atom is -0.381 e. The number of ether oxygens (including phenoxy) is 2. The van der Waals surface area contributed by atoms with Gasteiger partial charge < -0.3 is 15.2 Å². The Balaban J connectivity index is 1.71. The summed E-state index contributed by atoms with van der Waals surface area (Å²) in [6.07, 6.45) is 5.41. The average molecular weight is 251 g/mol. The highest BCUT2D eigenvalue weighted by molar-refractivity contribution is 5.22. The molecule has 1 aromatic rings. The number of aromatic nitrogens is 2. The van der Waals surface area contributed by atoms with Crippen molar-refractivity contribution in [2.45, 2.75) is 31.9 Å². The average Bonchev–Trinajstić information content (AvgIpc) is 2.82. The second-order valence-electron chi connectivity index (χ2n) is 5.16. The van der Waals surface area contributed by atoms with Crippen molar-refractivity contribution >= 4 is 0 Å². The Kier molecular flexibility index (Phi) is 3.63. The molecule has 0 amide bonds. The first-order valence-electron chi connectivity index (χ1n) is 6.82. The predicted octanol–water partition coefficient (Wildman–Crippen LogP) is 0.882. The largest absolute Gasteiger partial charge is 0.381 e. The first-order chi connectivity index (χ1) is 8.86. The Morgan fingerprint density at radius 1 is 1.33 bits per heavy atom. The van der Waals surface area contributed by atoms with E-state index in [9.17, 15) is 0 Å². The molecule has 5 nitrogen and oxygen atoms in total. The summed E-state index contributed by atoms with van der Waals surface area (Å²) in [6.45, 7) is 4.05. The number of rotatable bonds is 3. The molecule has 18 heavy (non-hydrogen) atoms. The first kappa shape index (κ1) is 12.1. The molecule has 0 saturated carbocycles. The Labute approximate surface area is 107 Å². The summed E-state index contributed by atoms with van der Waals surface area (Å²) < 4.78 is 13.1. The fourth-order valence-corrected chi connectivity index (χ4v) is 2.80.